The van der Waals surface area contributed by atoms with Crippen LogP contribution in [-0.2, 0) is 0 Å². The van der Waals surface area contributed by atoms with Gasteiger partial charge in [0.15, 0.2) is 5.82 Å². The topological polar surface area (TPSA) is 60.2 Å². The Morgan fingerprint density at radius 1 is 1.25 bits per heavy atom. The fraction of sp³-hybridized carbons (Fsp3) is 0.0833. The highest BCUT2D eigenvalue weighted by Crippen LogP contribution is 2.28. The lowest BCUT2D eigenvalue weighted by atomic mass is 10.3. The molecule has 0 bridgehead atoms. The van der Waals surface area contributed by atoms with Crippen LogP contribution in [0.1, 0.15) is 0 Å². The van der Waals surface area contributed by atoms with E-state index in [1.807, 2.05) is 0 Å². The fourth-order valence-corrected chi connectivity index (χ4v) is 1.82. The van der Waals surface area contributed by atoms with Crippen molar-refractivity contribution in [3.05, 3.63) is 41.0 Å². The van der Waals surface area contributed by atoms with Gasteiger partial charge in [0, 0.05) is 22.4 Å². The smallest absolute Gasteiger partial charge is 0.406 e. The van der Waals surface area contributed by atoms with Crippen LogP contribution in [0.25, 0.3) is 0 Å². The molecule has 8 heteroatoms. The summed E-state index contributed by atoms with van der Waals surface area (Å²) < 4.78 is 40.9. The molecule has 0 aliphatic carbocycles. The quantitative estimate of drug-likeness (QED) is 0.878. The van der Waals surface area contributed by atoms with Crippen molar-refractivity contribution in [2.24, 2.45) is 0 Å². The zero-order valence-corrected chi connectivity index (χ0v) is 11.5. The van der Waals surface area contributed by atoms with Crippen molar-refractivity contribution < 1.29 is 17.9 Å². The summed E-state index contributed by atoms with van der Waals surface area (Å²) in [5.74, 6) is 0.0236. The summed E-state index contributed by atoms with van der Waals surface area (Å²) in [6.45, 7) is 0. The third kappa shape index (κ3) is 4.02. The number of ether oxygens (including phenoxy) is 1. The maximum atomic E-state index is 12.1. The van der Waals surface area contributed by atoms with Crippen LogP contribution in [0.3, 0.4) is 0 Å². The minimum absolute atomic E-state index is 0.321. The molecule has 0 atom stereocenters. The summed E-state index contributed by atoms with van der Waals surface area (Å²) >= 11 is 3.21. The first-order chi connectivity index (χ1) is 9.33. The van der Waals surface area contributed by atoms with Crippen LogP contribution in [0, 0.1) is 0 Å². The van der Waals surface area contributed by atoms with E-state index in [4.69, 9.17) is 5.73 Å². The number of anilines is 3. The lowest BCUT2D eigenvalue weighted by Gasteiger charge is -2.12. The highest BCUT2D eigenvalue weighted by Gasteiger charge is 2.31. The fourth-order valence-electron chi connectivity index (χ4n) is 1.47. The van der Waals surface area contributed by atoms with E-state index >= 15 is 0 Å². The SMILES string of the molecule is Nc1cc(Br)cnc1Nc1cccc(OC(F)(F)F)c1. The number of benzene rings is 1. The molecule has 0 amide bonds. The molecule has 0 fully saturated rings. The monoisotopic (exact) mass is 347 g/mol. The van der Waals surface area contributed by atoms with Crippen molar-refractivity contribution in [2.45, 2.75) is 6.36 Å². The number of pyridine rings is 1. The Bertz CT molecular complexity index is 619. The zero-order valence-electron chi connectivity index (χ0n) is 9.91. The van der Waals surface area contributed by atoms with Gasteiger partial charge >= 0.3 is 6.36 Å². The van der Waals surface area contributed by atoms with Crippen molar-refractivity contribution in [1.29, 1.82) is 0 Å². The van der Waals surface area contributed by atoms with Gasteiger partial charge < -0.3 is 15.8 Å². The molecular weight excluding hydrogens is 339 g/mol. The van der Waals surface area contributed by atoms with E-state index < -0.39 is 6.36 Å². The van der Waals surface area contributed by atoms with Gasteiger partial charge in [-0.1, -0.05) is 6.07 Å². The van der Waals surface area contributed by atoms with Crippen LogP contribution in [0.2, 0.25) is 0 Å². The van der Waals surface area contributed by atoms with E-state index in [-0.39, 0.29) is 5.75 Å². The number of halogens is 4. The van der Waals surface area contributed by atoms with Gasteiger partial charge in [0.05, 0.1) is 5.69 Å². The normalized spacial score (nSPS) is 11.2. The van der Waals surface area contributed by atoms with Crippen LogP contribution in [0.5, 0.6) is 5.75 Å². The van der Waals surface area contributed by atoms with Gasteiger partial charge in [-0.15, -0.1) is 13.2 Å². The second-order valence-corrected chi connectivity index (χ2v) is 4.71. The van der Waals surface area contributed by atoms with E-state index in [1.54, 1.807) is 12.1 Å². The standard InChI is InChI=1S/C12H9BrF3N3O/c13-7-4-10(17)11(18-6-7)19-8-2-1-3-9(5-8)20-12(14,15)16/h1-6H,17H2,(H,18,19). The number of nitrogen functional groups attached to an aromatic ring is 1. The summed E-state index contributed by atoms with van der Waals surface area (Å²) in [5, 5.41) is 2.82. The number of nitrogens with zero attached hydrogens (tertiary/aromatic N) is 1. The molecule has 106 valence electrons. The highest BCUT2D eigenvalue weighted by molar-refractivity contribution is 9.10. The van der Waals surface area contributed by atoms with Gasteiger partial charge in [-0.3, -0.25) is 0 Å². The summed E-state index contributed by atoms with van der Waals surface area (Å²) in [7, 11) is 0. The zero-order chi connectivity index (χ0) is 14.8. The predicted molar refractivity (Wildman–Crippen MR) is 72.8 cm³/mol. The molecule has 4 nitrogen and oxygen atoms in total. The first kappa shape index (κ1) is 14.4. The summed E-state index contributed by atoms with van der Waals surface area (Å²) in [5.41, 5.74) is 6.49. The molecule has 0 saturated carbocycles. The molecule has 1 heterocycles. The van der Waals surface area contributed by atoms with Crippen molar-refractivity contribution in [3.8, 4) is 5.75 Å². The van der Waals surface area contributed by atoms with E-state index in [2.05, 4.69) is 31.0 Å². The lowest BCUT2D eigenvalue weighted by Crippen LogP contribution is -2.17. The lowest BCUT2D eigenvalue weighted by molar-refractivity contribution is -0.274. The molecular formula is C12H9BrF3N3O. The average Bonchev–Trinajstić information content (AvgIpc) is 2.31. The summed E-state index contributed by atoms with van der Waals surface area (Å²) in [4.78, 5) is 4.03. The number of alkyl halides is 3. The Kier molecular flexibility index (Phi) is 4.03. The molecule has 0 unspecified atom stereocenters. The average molecular weight is 348 g/mol. The van der Waals surface area contributed by atoms with E-state index in [9.17, 15) is 13.2 Å². The van der Waals surface area contributed by atoms with Crippen molar-refractivity contribution in [3.63, 3.8) is 0 Å². The molecule has 0 radical (unpaired) electrons. The maximum Gasteiger partial charge on any atom is 0.573 e. The third-order valence-corrected chi connectivity index (χ3v) is 2.65. The molecule has 1 aromatic carbocycles. The van der Waals surface area contributed by atoms with E-state index in [0.717, 1.165) is 0 Å². The van der Waals surface area contributed by atoms with Gasteiger partial charge in [-0.2, -0.15) is 0 Å². The number of hydrogen-bond acceptors (Lipinski definition) is 4. The van der Waals surface area contributed by atoms with Crippen LogP contribution < -0.4 is 15.8 Å². The van der Waals surface area contributed by atoms with Gasteiger partial charge in [0.1, 0.15) is 5.75 Å². The Balaban J connectivity index is 2.19. The van der Waals surface area contributed by atoms with Gasteiger partial charge in [0.2, 0.25) is 0 Å². The van der Waals surface area contributed by atoms with E-state index in [1.165, 1.54) is 24.4 Å². The first-order valence-electron chi connectivity index (χ1n) is 5.37. The molecule has 3 N–H and O–H groups in total. The minimum Gasteiger partial charge on any atom is -0.406 e. The number of nitrogens with one attached hydrogen (secondary N) is 1. The highest BCUT2D eigenvalue weighted by atomic mass is 79.9. The Labute approximate surface area is 120 Å². The molecule has 1 aromatic heterocycles. The molecule has 0 aliphatic rings. The van der Waals surface area contributed by atoms with Crippen LogP contribution in [-0.4, -0.2) is 11.3 Å². The molecule has 0 saturated heterocycles. The number of rotatable bonds is 3. The summed E-state index contributed by atoms with van der Waals surface area (Å²) in [6.07, 6.45) is -3.21. The summed E-state index contributed by atoms with van der Waals surface area (Å²) in [6, 6.07) is 7.05. The van der Waals surface area contributed by atoms with Crippen molar-refractivity contribution in [2.75, 3.05) is 11.1 Å². The maximum absolute atomic E-state index is 12.1. The van der Waals surface area contributed by atoms with Crippen molar-refractivity contribution in [1.82, 2.24) is 4.98 Å². The Hall–Kier alpha value is -1.96. The van der Waals surface area contributed by atoms with Crippen LogP contribution in [0.15, 0.2) is 41.0 Å². The van der Waals surface area contributed by atoms with Crippen LogP contribution in [0.4, 0.5) is 30.4 Å². The van der Waals surface area contributed by atoms with Crippen molar-refractivity contribution >= 4 is 33.1 Å². The number of aromatic nitrogens is 1. The Morgan fingerprint density at radius 2 is 2.00 bits per heavy atom. The first-order valence-corrected chi connectivity index (χ1v) is 6.17. The molecule has 0 aliphatic heterocycles. The number of nitrogens with two attached hydrogens (primary N) is 1. The second-order valence-electron chi connectivity index (χ2n) is 3.79. The van der Waals surface area contributed by atoms with Gasteiger partial charge in [-0.05, 0) is 34.1 Å². The second kappa shape index (κ2) is 5.58. The Morgan fingerprint density at radius 3 is 2.65 bits per heavy atom. The predicted octanol–water partition coefficient (Wildman–Crippen LogP) is 4.07. The molecule has 20 heavy (non-hydrogen) atoms. The molecule has 2 aromatic rings. The van der Waals surface area contributed by atoms with Gasteiger partial charge in [-0.25, -0.2) is 4.98 Å². The molecule has 2 rings (SSSR count). The third-order valence-electron chi connectivity index (χ3n) is 2.21. The minimum atomic E-state index is -4.73. The number of hydrogen-bond donors (Lipinski definition) is 2. The molecule has 0 spiro atoms. The van der Waals surface area contributed by atoms with Gasteiger partial charge in [0.25, 0.3) is 0 Å². The van der Waals surface area contributed by atoms with Crippen LogP contribution >= 0.6 is 15.9 Å². The van der Waals surface area contributed by atoms with E-state index in [0.29, 0.717) is 21.7 Å². The largest absolute Gasteiger partial charge is 0.573 e.